The summed E-state index contributed by atoms with van der Waals surface area (Å²) in [4.78, 5) is 0. The Morgan fingerprint density at radius 3 is 2.37 bits per heavy atom. The van der Waals surface area contributed by atoms with Gasteiger partial charge in [-0.1, -0.05) is 37.3 Å². The molecule has 0 aromatic heterocycles. The molecule has 108 valence electrons. The van der Waals surface area contributed by atoms with Gasteiger partial charge in [0.15, 0.2) is 0 Å². The molecular formula is C14H24N2O2S. The number of hydrogen-bond donors (Lipinski definition) is 2. The van der Waals surface area contributed by atoms with E-state index >= 15 is 0 Å². The van der Waals surface area contributed by atoms with Crippen molar-refractivity contribution in [3.8, 4) is 0 Å². The second-order valence-electron chi connectivity index (χ2n) is 4.87. The molecule has 0 saturated carbocycles. The van der Waals surface area contributed by atoms with Gasteiger partial charge in [0.1, 0.15) is 0 Å². The summed E-state index contributed by atoms with van der Waals surface area (Å²) in [6.07, 6.45) is 0.702. The molecule has 0 aliphatic heterocycles. The molecule has 0 radical (unpaired) electrons. The van der Waals surface area contributed by atoms with E-state index in [1.54, 1.807) is 6.92 Å². The van der Waals surface area contributed by atoms with Gasteiger partial charge in [0.05, 0.1) is 5.25 Å². The highest BCUT2D eigenvalue weighted by Gasteiger charge is 2.22. The molecule has 0 spiro atoms. The second kappa shape index (κ2) is 7.62. The van der Waals surface area contributed by atoms with Crippen LogP contribution in [0.25, 0.3) is 0 Å². The van der Waals surface area contributed by atoms with Crippen LogP contribution in [0.15, 0.2) is 30.3 Å². The molecule has 0 bridgehead atoms. The molecule has 0 aliphatic carbocycles. The van der Waals surface area contributed by atoms with Crippen LogP contribution in [0.2, 0.25) is 0 Å². The Morgan fingerprint density at radius 1 is 1.16 bits per heavy atom. The van der Waals surface area contributed by atoms with E-state index in [1.807, 2.05) is 44.2 Å². The molecule has 4 nitrogen and oxygen atoms in total. The smallest absolute Gasteiger partial charge is 0.215 e. The van der Waals surface area contributed by atoms with Crippen LogP contribution >= 0.6 is 0 Å². The number of benzene rings is 1. The third kappa shape index (κ3) is 5.72. The van der Waals surface area contributed by atoms with Gasteiger partial charge in [0, 0.05) is 12.6 Å². The van der Waals surface area contributed by atoms with Crippen LogP contribution in [0, 0.1) is 0 Å². The predicted octanol–water partition coefficient (Wildman–Crippen LogP) is 1.53. The minimum atomic E-state index is -3.26. The molecular weight excluding hydrogens is 260 g/mol. The fourth-order valence-corrected chi connectivity index (χ4v) is 3.08. The lowest BCUT2D eigenvalue weighted by Crippen LogP contribution is -2.43. The number of rotatable bonds is 8. The van der Waals surface area contributed by atoms with Crippen LogP contribution in [0.4, 0.5) is 0 Å². The number of sulfonamides is 1. The summed E-state index contributed by atoms with van der Waals surface area (Å²) in [6, 6.07) is 9.79. The standard InChI is InChI=1S/C14H24N2O2S/c1-4-15-11-13(3)19(17,18)16-12(2)10-14-8-6-5-7-9-14/h5-9,12-13,15-16H,4,10-11H2,1-3H3. The lowest BCUT2D eigenvalue weighted by molar-refractivity contribution is 0.541. The largest absolute Gasteiger partial charge is 0.316 e. The van der Waals surface area contributed by atoms with Crippen LogP contribution in [-0.2, 0) is 16.4 Å². The number of hydrogen-bond acceptors (Lipinski definition) is 3. The maximum atomic E-state index is 12.1. The molecule has 0 heterocycles. The first kappa shape index (κ1) is 16.1. The Hall–Kier alpha value is -0.910. The fraction of sp³-hybridized carbons (Fsp3) is 0.571. The van der Waals surface area contributed by atoms with Gasteiger partial charge in [0.2, 0.25) is 10.0 Å². The van der Waals surface area contributed by atoms with E-state index in [9.17, 15) is 8.42 Å². The summed E-state index contributed by atoms with van der Waals surface area (Å²) in [5, 5.41) is 2.63. The molecule has 2 atom stereocenters. The van der Waals surface area contributed by atoms with Gasteiger partial charge < -0.3 is 5.32 Å². The van der Waals surface area contributed by atoms with Crippen LogP contribution < -0.4 is 10.0 Å². The van der Waals surface area contributed by atoms with Crippen LogP contribution in [0.3, 0.4) is 0 Å². The Kier molecular flexibility index (Phi) is 6.48. The van der Waals surface area contributed by atoms with Gasteiger partial charge in [-0.3, -0.25) is 0 Å². The molecule has 0 aliphatic rings. The highest BCUT2D eigenvalue weighted by atomic mass is 32.2. The van der Waals surface area contributed by atoms with E-state index < -0.39 is 15.3 Å². The Balaban J connectivity index is 2.53. The van der Waals surface area contributed by atoms with Crippen molar-refractivity contribution < 1.29 is 8.42 Å². The van der Waals surface area contributed by atoms with Crippen molar-refractivity contribution in [1.82, 2.24) is 10.0 Å². The summed E-state index contributed by atoms with van der Waals surface area (Å²) in [6.45, 7) is 6.83. The highest BCUT2D eigenvalue weighted by molar-refractivity contribution is 7.90. The zero-order valence-electron chi connectivity index (χ0n) is 11.9. The molecule has 0 fully saturated rings. The molecule has 0 amide bonds. The van der Waals surface area contributed by atoms with Crippen molar-refractivity contribution in [3.63, 3.8) is 0 Å². The first-order chi connectivity index (χ1) is 8.95. The molecule has 1 aromatic carbocycles. The van der Waals surface area contributed by atoms with Gasteiger partial charge in [-0.15, -0.1) is 0 Å². The Labute approximate surface area is 116 Å². The van der Waals surface area contributed by atoms with Crippen LogP contribution in [-0.4, -0.2) is 32.8 Å². The topological polar surface area (TPSA) is 58.2 Å². The van der Waals surface area contributed by atoms with Crippen molar-refractivity contribution in [2.75, 3.05) is 13.1 Å². The van der Waals surface area contributed by atoms with E-state index in [1.165, 1.54) is 0 Å². The average molecular weight is 284 g/mol. The lowest BCUT2D eigenvalue weighted by atomic mass is 10.1. The molecule has 2 N–H and O–H groups in total. The maximum absolute atomic E-state index is 12.1. The number of nitrogens with one attached hydrogen (secondary N) is 2. The zero-order chi connectivity index (χ0) is 14.3. The maximum Gasteiger partial charge on any atom is 0.215 e. The summed E-state index contributed by atoms with van der Waals surface area (Å²) < 4.78 is 26.9. The van der Waals surface area contributed by atoms with Crippen molar-refractivity contribution in [1.29, 1.82) is 0 Å². The van der Waals surface area contributed by atoms with Gasteiger partial charge >= 0.3 is 0 Å². The third-order valence-electron chi connectivity index (χ3n) is 2.96. The van der Waals surface area contributed by atoms with Gasteiger partial charge in [0.25, 0.3) is 0 Å². The van der Waals surface area contributed by atoms with E-state index in [0.717, 1.165) is 12.1 Å². The van der Waals surface area contributed by atoms with Crippen molar-refractivity contribution in [2.45, 2.75) is 38.5 Å². The van der Waals surface area contributed by atoms with E-state index in [4.69, 9.17) is 0 Å². The summed E-state index contributed by atoms with van der Waals surface area (Å²) in [5.41, 5.74) is 1.14. The minimum absolute atomic E-state index is 0.100. The average Bonchev–Trinajstić information content (AvgIpc) is 2.36. The molecule has 0 saturated heterocycles. The molecule has 2 unspecified atom stereocenters. The molecule has 1 rings (SSSR count). The van der Waals surface area contributed by atoms with Crippen molar-refractivity contribution in [3.05, 3.63) is 35.9 Å². The van der Waals surface area contributed by atoms with E-state index in [-0.39, 0.29) is 6.04 Å². The minimum Gasteiger partial charge on any atom is -0.316 e. The van der Waals surface area contributed by atoms with Gasteiger partial charge in [-0.05, 0) is 32.4 Å². The van der Waals surface area contributed by atoms with Crippen molar-refractivity contribution in [2.24, 2.45) is 0 Å². The van der Waals surface area contributed by atoms with Crippen LogP contribution in [0.5, 0.6) is 0 Å². The summed E-state index contributed by atoms with van der Waals surface area (Å²) in [7, 11) is -3.26. The highest BCUT2D eigenvalue weighted by Crippen LogP contribution is 2.05. The van der Waals surface area contributed by atoms with E-state index in [2.05, 4.69) is 10.0 Å². The monoisotopic (exact) mass is 284 g/mol. The van der Waals surface area contributed by atoms with Crippen molar-refractivity contribution >= 4 is 10.0 Å². The quantitative estimate of drug-likeness (QED) is 0.761. The fourth-order valence-electron chi connectivity index (χ4n) is 1.86. The van der Waals surface area contributed by atoms with E-state index in [0.29, 0.717) is 13.0 Å². The zero-order valence-corrected chi connectivity index (χ0v) is 12.7. The third-order valence-corrected chi connectivity index (χ3v) is 4.92. The molecule has 19 heavy (non-hydrogen) atoms. The SMILES string of the molecule is CCNCC(C)S(=O)(=O)NC(C)Cc1ccccc1. The first-order valence-electron chi connectivity index (χ1n) is 6.71. The molecule has 1 aromatic rings. The summed E-state index contributed by atoms with van der Waals surface area (Å²) in [5.74, 6) is 0. The van der Waals surface area contributed by atoms with Crippen LogP contribution in [0.1, 0.15) is 26.3 Å². The Bertz CT molecular complexity index is 460. The normalized spacial score (nSPS) is 15.1. The summed E-state index contributed by atoms with van der Waals surface area (Å²) >= 11 is 0. The predicted molar refractivity (Wildman–Crippen MR) is 79.7 cm³/mol. The van der Waals surface area contributed by atoms with Gasteiger partial charge in [-0.2, -0.15) is 0 Å². The first-order valence-corrected chi connectivity index (χ1v) is 8.26. The Morgan fingerprint density at radius 2 is 1.79 bits per heavy atom. The molecule has 5 heteroatoms. The lowest BCUT2D eigenvalue weighted by Gasteiger charge is -2.18. The second-order valence-corrected chi connectivity index (χ2v) is 7.00. The van der Waals surface area contributed by atoms with Gasteiger partial charge in [-0.25, -0.2) is 13.1 Å².